The summed E-state index contributed by atoms with van der Waals surface area (Å²) >= 11 is 1.53. The zero-order valence-corrected chi connectivity index (χ0v) is 13.2. The fraction of sp³-hybridized carbons (Fsp3) is 0.353. The average Bonchev–Trinajstić information content (AvgIpc) is 3.27. The van der Waals surface area contributed by atoms with Crippen molar-refractivity contribution in [1.82, 2.24) is 5.32 Å². The molecule has 4 nitrogen and oxygen atoms in total. The number of hydrogen-bond donors (Lipinski definition) is 2. The molecule has 1 aromatic carbocycles. The summed E-state index contributed by atoms with van der Waals surface area (Å²) < 4.78 is 5.38. The van der Waals surface area contributed by atoms with Crippen LogP contribution < -0.4 is 5.32 Å². The van der Waals surface area contributed by atoms with Crippen LogP contribution in [0.3, 0.4) is 0 Å². The standard InChI is InChI=1S/C17H19NO3S/c1-22-14-6-3-2-5-13(14)16(19)18-11-17(20,12-8-9-12)15-7-4-10-21-15/h2-7,10,12,20H,8-9,11H2,1H3,(H,18,19). The smallest absolute Gasteiger partial charge is 0.252 e. The summed E-state index contributed by atoms with van der Waals surface area (Å²) in [4.78, 5) is 13.3. The van der Waals surface area contributed by atoms with Crippen LogP contribution in [-0.4, -0.2) is 23.8 Å². The highest BCUT2D eigenvalue weighted by molar-refractivity contribution is 7.98. The van der Waals surface area contributed by atoms with Gasteiger partial charge in [0, 0.05) is 4.90 Å². The first-order chi connectivity index (χ1) is 10.6. The maximum atomic E-state index is 12.4. The predicted octanol–water partition coefficient (Wildman–Crippen LogP) is 3.03. The van der Waals surface area contributed by atoms with Gasteiger partial charge in [-0.2, -0.15) is 0 Å². The zero-order valence-electron chi connectivity index (χ0n) is 12.4. The van der Waals surface area contributed by atoms with E-state index in [1.807, 2.05) is 24.5 Å². The summed E-state index contributed by atoms with van der Waals surface area (Å²) in [5.41, 5.74) is -0.486. The van der Waals surface area contributed by atoms with Gasteiger partial charge in [-0.25, -0.2) is 0 Å². The molecule has 0 saturated heterocycles. The molecule has 1 heterocycles. The van der Waals surface area contributed by atoms with Crippen LogP contribution in [0.1, 0.15) is 29.0 Å². The summed E-state index contributed by atoms with van der Waals surface area (Å²) in [6.45, 7) is 0.159. The topological polar surface area (TPSA) is 62.5 Å². The minimum atomic E-state index is -1.12. The molecule has 2 aromatic rings. The van der Waals surface area contributed by atoms with Crippen molar-refractivity contribution in [3.63, 3.8) is 0 Å². The average molecular weight is 317 g/mol. The predicted molar refractivity (Wildman–Crippen MR) is 85.9 cm³/mol. The van der Waals surface area contributed by atoms with E-state index in [9.17, 15) is 9.90 Å². The van der Waals surface area contributed by atoms with E-state index in [4.69, 9.17) is 4.42 Å². The number of amides is 1. The maximum absolute atomic E-state index is 12.4. The van der Waals surface area contributed by atoms with Crippen molar-refractivity contribution in [3.05, 3.63) is 54.0 Å². The molecule has 0 radical (unpaired) electrons. The minimum absolute atomic E-state index is 0.148. The molecule has 22 heavy (non-hydrogen) atoms. The van der Waals surface area contributed by atoms with Crippen LogP contribution in [0, 0.1) is 5.92 Å². The summed E-state index contributed by atoms with van der Waals surface area (Å²) in [6.07, 6.45) is 5.39. The van der Waals surface area contributed by atoms with E-state index in [-0.39, 0.29) is 18.4 Å². The highest BCUT2D eigenvalue weighted by Gasteiger charge is 2.47. The second-order valence-corrected chi connectivity index (χ2v) is 6.41. The van der Waals surface area contributed by atoms with E-state index in [0.29, 0.717) is 11.3 Å². The molecular weight excluding hydrogens is 298 g/mol. The third kappa shape index (κ3) is 2.91. The molecule has 1 fully saturated rings. The number of thioether (sulfide) groups is 1. The molecule has 1 saturated carbocycles. The number of carbonyl (C=O) groups excluding carboxylic acids is 1. The lowest BCUT2D eigenvalue weighted by atomic mass is 9.94. The second kappa shape index (κ2) is 6.18. The first-order valence-corrected chi connectivity index (χ1v) is 8.55. The Morgan fingerprint density at radius 3 is 2.77 bits per heavy atom. The first kappa shape index (κ1) is 15.2. The van der Waals surface area contributed by atoms with E-state index >= 15 is 0 Å². The number of rotatable bonds is 6. The molecule has 0 bridgehead atoms. The van der Waals surface area contributed by atoms with Gasteiger partial charge in [-0.05, 0) is 49.3 Å². The molecule has 1 aromatic heterocycles. The highest BCUT2D eigenvalue weighted by atomic mass is 32.2. The zero-order chi connectivity index (χ0) is 15.6. The summed E-state index contributed by atoms with van der Waals surface area (Å²) in [7, 11) is 0. The molecule has 2 N–H and O–H groups in total. The molecule has 116 valence electrons. The van der Waals surface area contributed by atoms with Gasteiger partial charge < -0.3 is 14.8 Å². The number of furan rings is 1. The SMILES string of the molecule is CSc1ccccc1C(=O)NCC(O)(c1ccco1)C1CC1. The van der Waals surface area contributed by atoms with Crippen LogP contribution in [0.5, 0.6) is 0 Å². The van der Waals surface area contributed by atoms with Crippen LogP contribution in [0.2, 0.25) is 0 Å². The van der Waals surface area contributed by atoms with Gasteiger partial charge in [0.05, 0.1) is 18.4 Å². The Hall–Kier alpha value is -1.72. The van der Waals surface area contributed by atoms with E-state index in [1.165, 1.54) is 11.8 Å². The number of carbonyl (C=O) groups is 1. The Balaban J connectivity index is 1.74. The van der Waals surface area contributed by atoms with Gasteiger partial charge >= 0.3 is 0 Å². The van der Waals surface area contributed by atoms with Crippen molar-refractivity contribution >= 4 is 17.7 Å². The van der Waals surface area contributed by atoms with Gasteiger partial charge in [-0.1, -0.05) is 12.1 Å². The van der Waals surface area contributed by atoms with Crippen LogP contribution in [0.15, 0.2) is 52.0 Å². The van der Waals surface area contributed by atoms with Gasteiger partial charge in [0.15, 0.2) is 0 Å². The fourth-order valence-electron chi connectivity index (χ4n) is 2.66. The lowest BCUT2D eigenvalue weighted by molar-refractivity contribution is -0.00613. The van der Waals surface area contributed by atoms with E-state index in [2.05, 4.69) is 5.32 Å². The van der Waals surface area contributed by atoms with E-state index in [1.54, 1.807) is 24.5 Å². The van der Waals surface area contributed by atoms with Crippen molar-refractivity contribution in [2.75, 3.05) is 12.8 Å². The van der Waals surface area contributed by atoms with Gasteiger partial charge in [-0.15, -0.1) is 11.8 Å². The third-order valence-electron chi connectivity index (χ3n) is 4.07. The minimum Gasteiger partial charge on any atom is -0.466 e. The molecular formula is C17H19NO3S. The number of aliphatic hydroxyl groups is 1. The molecule has 1 aliphatic carbocycles. The van der Waals surface area contributed by atoms with E-state index < -0.39 is 5.60 Å². The molecule has 1 unspecified atom stereocenters. The summed E-state index contributed by atoms with van der Waals surface area (Å²) in [5.74, 6) is 0.499. The summed E-state index contributed by atoms with van der Waals surface area (Å²) in [5, 5.41) is 13.8. The summed E-state index contributed by atoms with van der Waals surface area (Å²) in [6, 6.07) is 11.0. The van der Waals surface area contributed by atoms with Crippen molar-refractivity contribution in [2.24, 2.45) is 5.92 Å². The molecule has 1 amide bonds. The van der Waals surface area contributed by atoms with Crippen LogP contribution in [-0.2, 0) is 5.60 Å². The lowest BCUT2D eigenvalue weighted by Gasteiger charge is -2.26. The maximum Gasteiger partial charge on any atom is 0.252 e. The fourth-order valence-corrected chi connectivity index (χ4v) is 3.26. The molecule has 5 heteroatoms. The monoisotopic (exact) mass is 317 g/mol. The van der Waals surface area contributed by atoms with E-state index in [0.717, 1.165) is 17.7 Å². The normalized spacial score (nSPS) is 17.0. The Morgan fingerprint density at radius 1 is 1.36 bits per heavy atom. The third-order valence-corrected chi connectivity index (χ3v) is 4.87. The molecule has 0 aliphatic heterocycles. The second-order valence-electron chi connectivity index (χ2n) is 5.56. The Bertz CT molecular complexity index is 652. The first-order valence-electron chi connectivity index (χ1n) is 7.32. The Labute approximate surface area is 133 Å². The van der Waals surface area contributed by atoms with Gasteiger partial charge in [0.25, 0.3) is 5.91 Å². The molecule has 0 spiro atoms. The van der Waals surface area contributed by atoms with Gasteiger partial charge in [0.1, 0.15) is 11.4 Å². The molecule has 1 aliphatic rings. The Morgan fingerprint density at radius 2 is 2.14 bits per heavy atom. The lowest BCUT2D eigenvalue weighted by Crippen LogP contribution is -2.42. The number of nitrogens with one attached hydrogen (secondary N) is 1. The van der Waals surface area contributed by atoms with Crippen LogP contribution in [0.25, 0.3) is 0 Å². The van der Waals surface area contributed by atoms with Crippen molar-refractivity contribution in [1.29, 1.82) is 0 Å². The largest absolute Gasteiger partial charge is 0.466 e. The van der Waals surface area contributed by atoms with Crippen molar-refractivity contribution < 1.29 is 14.3 Å². The van der Waals surface area contributed by atoms with Gasteiger partial charge in [0.2, 0.25) is 0 Å². The van der Waals surface area contributed by atoms with Crippen LogP contribution in [0.4, 0.5) is 0 Å². The number of benzene rings is 1. The van der Waals surface area contributed by atoms with Gasteiger partial charge in [-0.3, -0.25) is 4.79 Å². The Kier molecular flexibility index (Phi) is 4.27. The highest BCUT2D eigenvalue weighted by Crippen LogP contribution is 2.45. The van der Waals surface area contributed by atoms with Crippen molar-refractivity contribution in [2.45, 2.75) is 23.3 Å². The number of hydrogen-bond acceptors (Lipinski definition) is 4. The molecule has 1 atom stereocenters. The van der Waals surface area contributed by atoms with Crippen molar-refractivity contribution in [3.8, 4) is 0 Å². The quantitative estimate of drug-likeness (QED) is 0.804. The molecule has 3 rings (SSSR count). The van der Waals surface area contributed by atoms with Crippen LogP contribution >= 0.6 is 11.8 Å².